The van der Waals surface area contributed by atoms with Crippen LogP contribution in [0.4, 0.5) is 0 Å². The highest BCUT2D eigenvalue weighted by molar-refractivity contribution is 9.10. The van der Waals surface area contributed by atoms with Crippen LogP contribution in [-0.4, -0.2) is 33.2 Å². The molecule has 0 radical (unpaired) electrons. The molecule has 1 heterocycles. The molecule has 4 nitrogen and oxygen atoms in total. The average molecular weight is 345 g/mol. The molecule has 1 aromatic rings. The van der Waals surface area contributed by atoms with Crippen molar-refractivity contribution in [2.24, 2.45) is 7.05 Å². The van der Waals surface area contributed by atoms with Gasteiger partial charge in [-0.3, -0.25) is 4.68 Å². The first kappa shape index (κ1) is 16.0. The Morgan fingerprint density at radius 1 is 1.40 bits per heavy atom. The third-order valence-corrected chi connectivity index (χ3v) is 5.42. The van der Waals surface area contributed by atoms with Gasteiger partial charge in [-0.25, -0.2) is 0 Å². The monoisotopic (exact) mass is 344 g/mol. The standard InChI is InChI=1S/C15H25BrN2O2/c1-4-20-15(8-6-5-7-9-15)13(19)10-12-14(16)11(2)17-18(12)3/h13,19H,4-10H2,1-3H3. The molecule has 2 rings (SSSR count). The number of hydrogen-bond acceptors (Lipinski definition) is 3. The normalized spacial score (nSPS) is 20.1. The van der Waals surface area contributed by atoms with E-state index in [2.05, 4.69) is 21.0 Å². The molecule has 0 aliphatic heterocycles. The highest BCUT2D eigenvalue weighted by atomic mass is 79.9. The van der Waals surface area contributed by atoms with Crippen LogP contribution in [-0.2, 0) is 18.2 Å². The number of ether oxygens (including phenoxy) is 1. The predicted molar refractivity (Wildman–Crippen MR) is 82.8 cm³/mol. The molecular formula is C15H25BrN2O2. The van der Waals surface area contributed by atoms with Gasteiger partial charge in [-0.1, -0.05) is 19.3 Å². The largest absolute Gasteiger partial charge is 0.390 e. The van der Waals surface area contributed by atoms with Gasteiger partial charge in [0.2, 0.25) is 0 Å². The molecule has 0 spiro atoms. The second-order valence-electron chi connectivity index (χ2n) is 5.75. The molecule has 1 fully saturated rings. The van der Waals surface area contributed by atoms with Gasteiger partial charge in [0.25, 0.3) is 0 Å². The minimum Gasteiger partial charge on any atom is -0.390 e. The van der Waals surface area contributed by atoms with E-state index in [4.69, 9.17) is 4.74 Å². The topological polar surface area (TPSA) is 47.3 Å². The van der Waals surface area contributed by atoms with Crippen LogP contribution in [0.25, 0.3) is 0 Å². The third kappa shape index (κ3) is 3.10. The van der Waals surface area contributed by atoms with Crippen LogP contribution in [0.2, 0.25) is 0 Å². The van der Waals surface area contributed by atoms with E-state index in [1.165, 1.54) is 6.42 Å². The van der Waals surface area contributed by atoms with Crippen molar-refractivity contribution < 1.29 is 9.84 Å². The highest BCUT2D eigenvalue weighted by Crippen LogP contribution is 2.36. The molecule has 1 atom stereocenters. The van der Waals surface area contributed by atoms with E-state index in [9.17, 15) is 5.11 Å². The Balaban J connectivity index is 2.17. The van der Waals surface area contributed by atoms with Crippen molar-refractivity contribution in [2.45, 2.75) is 64.1 Å². The molecule has 0 amide bonds. The molecule has 1 N–H and O–H groups in total. The summed E-state index contributed by atoms with van der Waals surface area (Å²) in [6.07, 6.45) is 5.54. The smallest absolute Gasteiger partial charge is 0.0943 e. The lowest BCUT2D eigenvalue weighted by Crippen LogP contribution is -2.48. The van der Waals surface area contributed by atoms with Crippen molar-refractivity contribution in [3.63, 3.8) is 0 Å². The predicted octanol–water partition coefficient (Wildman–Crippen LogP) is 3.13. The Morgan fingerprint density at radius 2 is 2.05 bits per heavy atom. The van der Waals surface area contributed by atoms with Crippen LogP contribution in [0, 0.1) is 6.92 Å². The summed E-state index contributed by atoms with van der Waals surface area (Å²) in [6.45, 7) is 4.63. The van der Waals surface area contributed by atoms with Gasteiger partial charge in [-0.15, -0.1) is 0 Å². The molecule has 0 aromatic carbocycles. The van der Waals surface area contributed by atoms with E-state index >= 15 is 0 Å². The lowest BCUT2D eigenvalue weighted by molar-refractivity contribution is -0.139. The molecule has 1 saturated carbocycles. The highest BCUT2D eigenvalue weighted by Gasteiger charge is 2.40. The number of aromatic nitrogens is 2. The van der Waals surface area contributed by atoms with Gasteiger partial charge in [-0.05, 0) is 42.6 Å². The van der Waals surface area contributed by atoms with Gasteiger partial charge < -0.3 is 9.84 Å². The minimum absolute atomic E-state index is 0.370. The molecule has 114 valence electrons. The fourth-order valence-corrected chi connectivity index (χ4v) is 3.78. The summed E-state index contributed by atoms with van der Waals surface area (Å²) in [5.41, 5.74) is 1.63. The first-order valence-corrected chi connectivity index (χ1v) is 8.29. The number of rotatable bonds is 5. The molecule has 1 aromatic heterocycles. The summed E-state index contributed by atoms with van der Waals surface area (Å²) in [5.74, 6) is 0. The van der Waals surface area contributed by atoms with Gasteiger partial charge in [0.05, 0.1) is 27.6 Å². The second kappa shape index (κ2) is 6.58. The maximum atomic E-state index is 10.8. The fraction of sp³-hybridized carbons (Fsp3) is 0.800. The number of aryl methyl sites for hydroxylation is 2. The molecule has 0 saturated heterocycles. The number of halogens is 1. The van der Waals surface area contributed by atoms with Gasteiger partial charge in [-0.2, -0.15) is 5.10 Å². The molecule has 1 unspecified atom stereocenters. The van der Waals surface area contributed by atoms with Crippen molar-refractivity contribution in [3.05, 3.63) is 15.9 Å². The molecule has 5 heteroatoms. The van der Waals surface area contributed by atoms with Gasteiger partial charge in [0, 0.05) is 20.1 Å². The Morgan fingerprint density at radius 3 is 2.55 bits per heavy atom. The van der Waals surface area contributed by atoms with E-state index < -0.39 is 6.10 Å². The summed E-state index contributed by atoms with van der Waals surface area (Å²) in [7, 11) is 1.92. The Labute approximate surface area is 129 Å². The van der Waals surface area contributed by atoms with Crippen LogP contribution in [0.15, 0.2) is 4.47 Å². The van der Waals surface area contributed by atoms with E-state index in [0.717, 1.165) is 41.5 Å². The van der Waals surface area contributed by atoms with Crippen LogP contribution < -0.4 is 0 Å². The molecule has 1 aliphatic rings. The zero-order valence-corrected chi connectivity index (χ0v) is 14.2. The van der Waals surface area contributed by atoms with Crippen LogP contribution >= 0.6 is 15.9 Å². The molecular weight excluding hydrogens is 320 g/mol. The summed E-state index contributed by atoms with van der Waals surface area (Å²) >= 11 is 3.57. The summed E-state index contributed by atoms with van der Waals surface area (Å²) in [4.78, 5) is 0. The van der Waals surface area contributed by atoms with E-state index in [0.29, 0.717) is 13.0 Å². The summed E-state index contributed by atoms with van der Waals surface area (Å²) in [5, 5.41) is 15.2. The van der Waals surface area contributed by atoms with Gasteiger partial charge >= 0.3 is 0 Å². The van der Waals surface area contributed by atoms with Gasteiger partial charge in [0.1, 0.15) is 0 Å². The third-order valence-electron chi connectivity index (χ3n) is 4.39. The molecule has 20 heavy (non-hydrogen) atoms. The van der Waals surface area contributed by atoms with E-state index in [1.807, 2.05) is 25.6 Å². The maximum absolute atomic E-state index is 10.8. The zero-order chi connectivity index (χ0) is 14.8. The fourth-order valence-electron chi connectivity index (χ4n) is 3.28. The summed E-state index contributed by atoms with van der Waals surface area (Å²) < 4.78 is 8.85. The summed E-state index contributed by atoms with van der Waals surface area (Å²) in [6, 6.07) is 0. The number of nitrogens with zero attached hydrogens (tertiary/aromatic N) is 2. The average Bonchev–Trinajstić information content (AvgIpc) is 2.67. The first-order chi connectivity index (χ1) is 9.50. The van der Waals surface area contributed by atoms with E-state index in [-0.39, 0.29) is 5.60 Å². The van der Waals surface area contributed by atoms with Crippen molar-refractivity contribution in [2.75, 3.05) is 6.61 Å². The number of aliphatic hydroxyl groups is 1. The zero-order valence-electron chi connectivity index (χ0n) is 12.7. The first-order valence-electron chi connectivity index (χ1n) is 7.50. The minimum atomic E-state index is -0.478. The Hall–Kier alpha value is -0.390. The lowest BCUT2D eigenvalue weighted by atomic mass is 9.79. The van der Waals surface area contributed by atoms with Crippen LogP contribution in [0.1, 0.15) is 50.4 Å². The maximum Gasteiger partial charge on any atom is 0.0943 e. The SMILES string of the molecule is CCOC1(C(O)Cc2c(Br)c(C)nn2C)CCCCC1. The quantitative estimate of drug-likeness (QED) is 0.892. The number of hydrogen-bond donors (Lipinski definition) is 1. The van der Waals surface area contributed by atoms with Crippen LogP contribution in [0.3, 0.4) is 0 Å². The van der Waals surface area contributed by atoms with Gasteiger partial charge in [0.15, 0.2) is 0 Å². The lowest BCUT2D eigenvalue weighted by Gasteiger charge is -2.41. The van der Waals surface area contributed by atoms with Crippen molar-refractivity contribution in [1.82, 2.24) is 9.78 Å². The van der Waals surface area contributed by atoms with Crippen molar-refractivity contribution in [1.29, 1.82) is 0 Å². The van der Waals surface area contributed by atoms with Crippen molar-refractivity contribution >= 4 is 15.9 Å². The van der Waals surface area contributed by atoms with Crippen molar-refractivity contribution in [3.8, 4) is 0 Å². The van der Waals surface area contributed by atoms with E-state index in [1.54, 1.807) is 0 Å². The van der Waals surface area contributed by atoms with Crippen LogP contribution in [0.5, 0.6) is 0 Å². The molecule has 1 aliphatic carbocycles. The second-order valence-corrected chi connectivity index (χ2v) is 6.54. The molecule has 0 bridgehead atoms. The number of aliphatic hydroxyl groups excluding tert-OH is 1. The Bertz CT molecular complexity index is 447. The Kier molecular flexibility index (Phi) is 5.26.